The number of fused-ring (bicyclic) bond motifs is 1. The van der Waals surface area contributed by atoms with E-state index in [1.165, 1.54) is 6.07 Å². The van der Waals surface area contributed by atoms with E-state index in [1.807, 2.05) is 13.8 Å². The summed E-state index contributed by atoms with van der Waals surface area (Å²) in [5.74, 6) is -0.769. The molecule has 94 valence electrons. The summed E-state index contributed by atoms with van der Waals surface area (Å²) in [4.78, 5) is 10.9. The van der Waals surface area contributed by atoms with Crippen LogP contribution in [0.25, 0.3) is 10.8 Å². The van der Waals surface area contributed by atoms with Gasteiger partial charge in [0, 0.05) is 5.39 Å². The Hall–Kier alpha value is -2.23. The maximum atomic E-state index is 10.9. The first-order valence-corrected chi connectivity index (χ1v) is 5.64. The lowest BCUT2D eigenvalue weighted by Crippen LogP contribution is -2.05. The smallest absolute Gasteiger partial charge is 0.339 e. The fourth-order valence-corrected chi connectivity index (χ4v) is 1.80. The molecule has 2 rings (SSSR count). The van der Waals surface area contributed by atoms with Crippen molar-refractivity contribution in [1.29, 1.82) is 0 Å². The number of ether oxygens (including phenoxy) is 1. The number of aromatic hydroxyl groups is 1. The van der Waals surface area contributed by atoms with E-state index < -0.39 is 5.97 Å². The van der Waals surface area contributed by atoms with Crippen molar-refractivity contribution >= 4 is 16.7 Å². The zero-order valence-electron chi connectivity index (χ0n) is 10.2. The van der Waals surface area contributed by atoms with Gasteiger partial charge in [-0.1, -0.05) is 12.1 Å². The van der Waals surface area contributed by atoms with E-state index in [9.17, 15) is 9.90 Å². The van der Waals surface area contributed by atoms with Gasteiger partial charge >= 0.3 is 5.97 Å². The van der Waals surface area contributed by atoms with Crippen molar-refractivity contribution in [2.24, 2.45) is 0 Å². The molecule has 0 spiro atoms. The van der Waals surface area contributed by atoms with Crippen molar-refractivity contribution in [3.05, 3.63) is 35.9 Å². The molecule has 4 nitrogen and oxygen atoms in total. The third-order valence-corrected chi connectivity index (χ3v) is 2.57. The average molecular weight is 246 g/mol. The Kier molecular flexibility index (Phi) is 3.10. The summed E-state index contributed by atoms with van der Waals surface area (Å²) in [5.41, 5.74) is -0.107. The van der Waals surface area contributed by atoms with Gasteiger partial charge in [-0.05, 0) is 37.4 Å². The van der Waals surface area contributed by atoms with E-state index in [1.54, 1.807) is 24.3 Å². The van der Waals surface area contributed by atoms with Gasteiger partial charge in [0.1, 0.15) is 17.1 Å². The zero-order valence-corrected chi connectivity index (χ0v) is 10.2. The number of hydrogen-bond donors (Lipinski definition) is 2. The van der Waals surface area contributed by atoms with Crippen LogP contribution in [0, 0.1) is 0 Å². The molecule has 0 unspecified atom stereocenters. The van der Waals surface area contributed by atoms with Gasteiger partial charge in [-0.15, -0.1) is 0 Å². The molecule has 0 atom stereocenters. The molecule has 0 aliphatic heterocycles. The van der Waals surface area contributed by atoms with Crippen LogP contribution in [0.3, 0.4) is 0 Å². The fourth-order valence-electron chi connectivity index (χ4n) is 1.80. The highest BCUT2D eigenvalue weighted by molar-refractivity contribution is 6.00. The standard InChI is InChI=1S/C14H14O4/c1-8(2)18-10-5-3-9-4-6-11(14(16)17)13(15)12(9)7-10/h3-8,15H,1-2H3,(H,16,17). The second-order valence-electron chi connectivity index (χ2n) is 4.32. The summed E-state index contributed by atoms with van der Waals surface area (Å²) < 4.78 is 5.52. The molecule has 2 aromatic rings. The summed E-state index contributed by atoms with van der Waals surface area (Å²) in [7, 11) is 0. The highest BCUT2D eigenvalue weighted by Gasteiger charge is 2.13. The van der Waals surface area contributed by atoms with Gasteiger partial charge in [-0.2, -0.15) is 0 Å². The third-order valence-electron chi connectivity index (χ3n) is 2.57. The maximum Gasteiger partial charge on any atom is 0.339 e. The highest BCUT2D eigenvalue weighted by atomic mass is 16.5. The molecule has 0 saturated heterocycles. The number of rotatable bonds is 3. The van der Waals surface area contributed by atoms with Crippen LogP contribution in [-0.2, 0) is 0 Å². The molecule has 0 fully saturated rings. The number of hydrogen-bond acceptors (Lipinski definition) is 3. The van der Waals surface area contributed by atoms with Gasteiger partial charge in [0.25, 0.3) is 0 Å². The Morgan fingerprint density at radius 2 is 1.89 bits per heavy atom. The molecule has 0 radical (unpaired) electrons. The van der Waals surface area contributed by atoms with E-state index in [4.69, 9.17) is 9.84 Å². The molecule has 0 amide bonds. The highest BCUT2D eigenvalue weighted by Crippen LogP contribution is 2.31. The van der Waals surface area contributed by atoms with Crippen LogP contribution >= 0.6 is 0 Å². The summed E-state index contributed by atoms with van der Waals surface area (Å²) >= 11 is 0. The number of carboxylic acids is 1. The molecule has 4 heteroatoms. The Morgan fingerprint density at radius 3 is 2.50 bits per heavy atom. The largest absolute Gasteiger partial charge is 0.506 e. The van der Waals surface area contributed by atoms with Crippen molar-refractivity contribution in [1.82, 2.24) is 0 Å². The minimum absolute atomic E-state index is 0.0206. The van der Waals surface area contributed by atoms with Gasteiger partial charge in [0.05, 0.1) is 6.10 Å². The van der Waals surface area contributed by atoms with E-state index in [0.29, 0.717) is 11.1 Å². The molecule has 2 aromatic carbocycles. The number of carbonyl (C=O) groups is 1. The van der Waals surface area contributed by atoms with Crippen LogP contribution in [-0.4, -0.2) is 22.3 Å². The van der Waals surface area contributed by atoms with Crippen LogP contribution in [0.4, 0.5) is 0 Å². The summed E-state index contributed by atoms with van der Waals surface area (Å²) in [6.07, 6.45) is 0.0206. The van der Waals surface area contributed by atoms with Gasteiger partial charge in [0.15, 0.2) is 0 Å². The lowest BCUT2D eigenvalue weighted by atomic mass is 10.0. The van der Waals surface area contributed by atoms with Crippen molar-refractivity contribution in [2.75, 3.05) is 0 Å². The fraction of sp³-hybridized carbons (Fsp3) is 0.214. The molecular formula is C14H14O4. The molecule has 18 heavy (non-hydrogen) atoms. The quantitative estimate of drug-likeness (QED) is 0.873. The van der Waals surface area contributed by atoms with E-state index in [2.05, 4.69) is 0 Å². The number of aromatic carboxylic acids is 1. The molecule has 0 heterocycles. The van der Waals surface area contributed by atoms with Crippen LogP contribution in [0.2, 0.25) is 0 Å². The molecule has 2 N–H and O–H groups in total. The molecule has 0 aliphatic carbocycles. The van der Waals surface area contributed by atoms with Gasteiger partial charge < -0.3 is 14.9 Å². The van der Waals surface area contributed by atoms with Gasteiger partial charge in [-0.3, -0.25) is 0 Å². The summed E-state index contributed by atoms with van der Waals surface area (Å²) in [6, 6.07) is 8.29. The topological polar surface area (TPSA) is 66.8 Å². The minimum atomic E-state index is -1.15. The Labute approximate surface area is 104 Å². The Morgan fingerprint density at radius 1 is 1.22 bits per heavy atom. The first kappa shape index (κ1) is 12.2. The van der Waals surface area contributed by atoms with Crippen LogP contribution in [0.1, 0.15) is 24.2 Å². The maximum absolute atomic E-state index is 10.9. The third kappa shape index (κ3) is 2.22. The first-order chi connectivity index (χ1) is 8.49. The lowest BCUT2D eigenvalue weighted by Gasteiger charge is -2.11. The van der Waals surface area contributed by atoms with Crippen molar-refractivity contribution in [2.45, 2.75) is 20.0 Å². The van der Waals surface area contributed by atoms with E-state index in [0.717, 1.165) is 5.39 Å². The van der Waals surface area contributed by atoms with Crippen LogP contribution < -0.4 is 4.74 Å². The second-order valence-corrected chi connectivity index (χ2v) is 4.32. The molecule has 0 aromatic heterocycles. The Bertz CT molecular complexity index is 602. The summed E-state index contributed by atoms with van der Waals surface area (Å²) in [6.45, 7) is 3.80. The second kappa shape index (κ2) is 4.56. The van der Waals surface area contributed by atoms with Crippen molar-refractivity contribution in [3.63, 3.8) is 0 Å². The van der Waals surface area contributed by atoms with Crippen LogP contribution in [0.15, 0.2) is 30.3 Å². The van der Waals surface area contributed by atoms with E-state index in [-0.39, 0.29) is 17.4 Å². The number of carboxylic acid groups (broad SMARTS) is 1. The van der Waals surface area contributed by atoms with Crippen molar-refractivity contribution < 1.29 is 19.7 Å². The molecular weight excluding hydrogens is 232 g/mol. The number of phenols is 1. The SMILES string of the molecule is CC(C)Oc1ccc2ccc(C(=O)O)c(O)c2c1. The average Bonchev–Trinajstić information content (AvgIpc) is 2.29. The first-order valence-electron chi connectivity index (χ1n) is 5.64. The molecule has 0 bridgehead atoms. The number of benzene rings is 2. The van der Waals surface area contributed by atoms with E-state index >= 15 is 0 Å². The van der Waals surface area contributed by atoms with Crippen LogP contribution in [0.5, 0.6) is 11.5 Å². The predicted octanol–water partition coefficient (Wildman–Crippen LogP) is 3.03. The minimum Gasteiger partial charge on any atom is -0.506 e. The Balaban J connectivity index is 2.59. The monoisotopic (exact) mass is 246 g/mol. The predicted molar refractivity (Wildman–Crippen MR) is 68.3 cm³/mol. The normalized spacial score (nSPS) is 10.8. The molecule has 0 saturated carbocycles. The van der Waals surface area contributed by atoms with Crippen molar-refractivity contribution in [3.8, 4) is 11.5 Å². The lowest BCUT2D eigenvalue weighted by molar-refractivity contribution is 0.0694. The molecule has 0 aliphatic rings. The van der Waals surface area contributed by atoms with Gasteiger partial charge in [-0.25, -0.2) is 4.79 Å². The van der Waals surface area contributed by atoms with Gasteiger partial charge in [0.2, 0.25) is 0 Å². The summed E-state index contributed by atoms with van der Waals surface area (Å²) in [5, 5.41) is 20.1. The zero-order chi connectivity index (χ0) is 13.3.